The molecule has 2 heterocycles. The van der Waals surface area contributed by atoms with Crippen LogP contribution in [0.5, 0.6) is 5.75 Å². The van der Waals surface area contributed by atoms with E-state index in [1.54, 1.807) is 12.1 Å². The molecule has 0 aliphatic carbocycles. The number of aromatic amines is 1. The van der Waals surface area contributed by atoms with E-state index in [1.807, 2.05) is 76.2 Å². The molecule has 5 rings (SSSR count). The molecule has 1 aromatic heterocycles. The number of hydrogen-bond acceptors (Lipinski definition) is 5. The molecule has 1 saturated heterocycles. The number of nitrogens with one attached hydrogen (secondary N) is 1. The molecule has 1 fully saturated rings. The lowest BCUT2D eigenvalue weighted by atomic mass is 9.85. The number of aryl methyl sites for hydroxylation is 1. The molecule has 1 amide bonds. The van der Waals surface area contributed by atoms with Crippen LogP contribution in [0, 0.1) is 6.92 Å². The number of aliphatic hydroxyl groups is 1. The first-order chi connectivity index (χ1) is 19.4. The molecule has 1 atom stereocenters. The number of ketones is 1. The zero-order valence-corrected chi connectivity index (χ0v) is 24.7. The summed E-state index contributed by atoms with van der Waals surface area (Å²) < 4.78 is 5.80. The van der Waals surface area contributed by atoms with Crippen LogP contribution >= 0.6 is 0 Å². The lowest BCUT2D eigenvalue weighted by molar-refractivity contribution is -0.132. The smallest absolute Gasteiger partial charge is 0.302 e. The van der Waals surface area contributed by atoms with E-state index < -0.39 is 17.7 Å². The Kier molecular flexibility index (Phi) is 7.24. The Morgan fingerprint density at radius 1 is 1.05 bits per heavy atom. The van der Waals surface area contributed by atoms with E-state index in [1.165, 1.54) is 4.90 Å². The second-order valence-corrected chi connectivity index (χ2v) is 12.0. The summed E-state index contributed by atoms with van der Waals surface area (Å²) >= 11 is 0. The number of fused-ring (bicyclic) bond motifs is 1. The number of amides is 1. The third-order valence-electron chi connectivity index (χ3n) is 7.60. The molecule has 7 nitrogen and oxygen atoms in total. The van der Waals surface area contributed by atoms with Gasteiger partial charge < -0.3 is 14.8 Å². The Labute approximate surface area is 240 Å². The van der Waals surface area contributed by atoms with Gasteiger partial charge in [-0.2, -0.15) is 0 Å². The standard InChI is InChI=1S/C34H37N3O4/c1-8-41-27-16-12-22(18-24(27)19(2)3)30(38)28-29(21-10-13-23(14-11-21)34(5,6)7)37(32(40)31(28)39)33-35-25-15-9-20(4)17-26(25)36-33/h9-19,29,38H,8H2,1-7H3,(H,35,36)/b30-28+. The summed E-state index contributed by atoms with van der Waals surface area (Å²) in [5.74, 6) is -0.636. The number of imidazole rings is 1. The number of Topliss-reactive ketones (excluding diaryl/α,β-unsaturated/α-hetero) is 1. The van der Waals surface area contributed by atoms with E-state index in [0.29, 0.717) is 23.3 Å². The van der Waals surface area contributed by atoms with Crippen molar-refractivity contribution in [3.05, 3.63) is 94.1 Å². The number of H-pyrrole nitrogens is 1. The molecule has 2 N–H and O–H groups in total. The van der Waals surface area contributed by atoms with Gasteiger partial charge in [-0.3, -0.25) is 14.5 Å². The molecule has 0 saturated carbocycles. The predicted octanol–water partition coefficient (Wildman–Crippen LogP) is 7.32. The molecular formula is C34H37N3O4. The van der Waals surface area contributed by atoms with Crippen molar-refractivity contribution in [2.24, 2.45) is 0 Å². The van der Waals surface area contributed by atoms with Crippen molar-refractivity contribution in [2.45, 2.75) is 65.8 Å². The van der Waals surface area contributed by atoms with Crippen LogP contribution in [0.3, 0.4) is 0 Å². The lowest BCUT2D eigenvalue weighted by Crippen LogP contribution is -2.30. The van der Waals surface area contributed by atoms with E-state index in [0.717, 1.165) is 28.0 Å². The maximum Gasteiger partial charge on any atom is 0.302 e. The van der Waals surface area contributed by atoms with Crippen LogP contribution in [0.1, 0.15) is 81.3 Å². The number of carbonyl (C=O) groups is 2. The van der Waals surface area contributed by atoms with Crippen LogP contribution in [-0.2, 0) is 15.0 Å². The first kappa shape index (κ1) is 28.1. The van der Waals surface area contributed by atoms with Gasteiger partial charge >= 0.3 is 5.91 Å². The fourth-order valence-corrected chi connectivity index (χ4v) is 5.35. The van der Waals surface area contributed by atoms with Crippen LogP contribution in [0.4, 0.5) is 5.95 Å². The Balaban J connectivity index is 1.71. The first-order valence-corrected chi connectivity index (χ1v) is 14.1. The van der Waals surface area contributed by atoms with Crippen molar-refractivity contribution in [1.82, 2.24) is 9.97 Å². The molecule has 1 aliphatic heterocycles. The average molecular weight is 552 g/mol. The van der Waals surface area contributed by atoms with Crippen LogP contribution in [0.25, 0.3) is 16.8 Å². The molecular weight excluding hydrogens is 514 g/mol. The van der Waals surface area contributed by atoms with Crippen molar-refractivity contribution >= 4 is 34.4 Å². The minimum atomic E-state index is -0.875. The highest BCUT2D eigenvalue weighted by molar-refractivity contribution is 6.51. The van der Waals surface area contributed by atoms with E-state index in [4.69, 9.17) is 4.74 Å². The number of benzene rings is 3. The molecule has 1 unspecified atom stereocenters. The van der Waals surface area contributed by atoms with Crippen molar-refractivity contribution in [3.63, 3.8) is 0 Å². The number of rotatable bonds is 6. The molecule has 1 aliphatic rings. The van der Waals surface area contributed by atoms with Crippen molar-refractivity contribution in [1.29, 1.82) is 0 Å². The molecule has 4 aromatic rings. The Hall–Kier alpha value is -4.39. The van der Waals surface area contributed by atoms with E-state index in [-0.39, 0.29) is 28.6 Å². The van der Waals surface area contributed by atoms with Crippen molar-refractivity contribution in [2.75, 3.05) is 11.5 Å². The minimum absolute atomic E-state index is 0.0222. The number of aromatic nitrogens is 2. The van der Waals surface area contributed by atoms with Gasteiger partial charge in [0.15, 0.2) is 0 Å². The van der Waals surface area contributed by atoms with Crippen LogP contribution in [0.2, 0.25) is 0 Å². The molecule has 7 heteroatoms. The monoisotopic (exact) mass is 551 g/mol. The van der Waals surface area contributed by atoms with Gasteiger partial charge in [-0.05, 0) is 77.8 Å². The lowest BCUT2D eigenvalue weighted by Gasteiger charge is -2.25. The second kappa shape index (κ2) is 10.5. The number of aliphatic hydroxyl groups excluding tert-OH is 1. The summed E-state index contributed by atoms with van der Waals surface area (Å²) in [6.45, 7) is 14.9. The highest BCUT2D eigenvalue weighted by atomic mass is 16.5. The van der Waals surface area contributed by atoms with Gasteiger partial charge in [0.05, 0.1) is 29.3 Å². The number of ether oxygens (including phenoxy) is 1. The number of hydrogen-bond donors (Lipinski definition) is 2. The molecule has 0 radical (unpaired) electrons. The van der Waals surface area contributed by atoms with E-state index in [9.17, 15) is 14.7 Å². The molecule has 212 valence electrons. The van der Waals surface area contributed by atoms with Gasteiger partial charge in [0.25, 0.3) is 5.78 Å². The molecule has 41 heavy (non-hydrogen) atoms. The van der Waals surface area contributed by atoms with Crippen LogP contribution in [-0.4, -0.2) is 33.4 Å². The van der Waals surface area contributed by atoms with Crippen LogP contribution < -0.4 is 9.64 Å². The minimum Gasteiger partial charge on any atom is -0.507 e. The summed E-state index contributed by atoms with van der Waals surface area (Å²) in [6, 6.07) is 18.1. The highest BCUT2D eigenvalue weighted by Crippen LogP contribution is 2.43. The quantitative estimate of drug-likeness (QED) is 0.149. The topological polar surface area (TPSA) is 95.5 Å². The van der Waals surface area contributed by atoms with Gasteiger partial charge in [0, 0.05) is 5.56 Å². The fraction of sp³-hybridized carbons (Fsp3) is 0.324. The number of nitrogens with zero attached hydrogens (tertiary/aromatic N) is 2. The van der Waals surface area contributed by atoms with Gasteiger partial charge in [-0.15, -0.1) is 0 Å². The SMILES string of the molecule is CCOc1ccc(/C(O)=C2\C(=O)C(=O)N(c3nc4ccc(C)cc4[nH]3)C2c2ccc(C(C)(C)C)cc2)cc1C(C)C. The average Bonchev–Trinajstić information content (AvgIpc) is 3.45. The van der Waals surface area contributed by atoms with Crippen molar-refractivity contribution in [3.8, 4) is 5.75 Å². The molecule has 0 spiro atoms. The molecule has 3 aromatic carbocycles. The first-order valence-electron chi connectivity index (χ1n) is 14.1. The largest absolute Gasteiger partial charge is 0.507 e. The predicted molar refractivity (Wildman–Crippen MR) is 162 cm³/mol. The third-order valence-corrected chi connectivity index (χ3v) is 7.60. The Morgan fingerprint density at radius 3 is 2.39 bits per heavy atom. The summed E-state index contributed by atoms with van der Waals surface area (Å²) in [5.41, 5.74) is 5.60. The number of anilines is 1. The normalized spacial score (nSPS) is 17.2. The molecule has 0 bridgehead atoms. The summed E-state index contributed by atoms with van der Waals surface area (Å²) in [4.78, 5) is 36.6. The van der Waals surface area contributed by atoms with Crippen molar-refractivity contribution < 1.29 is 19.4 Å². The number of carbonyl (C=O) groups excluding carboxylic acids is 2. The summed E-state index contributed by atoms with van der Waals surface area (Å²) in [7, 11) is 0. The maximum atomic E-state index is 13.7. The highest BCUT2D eigenvalue weighted by Gasteiger charge is 2.48. The van der Waals surface area contributed by atoms with E-state index >= 15 is 0 Å². The summed E-state index contributed by atoms with van der Waals surface area (Å²) in [5, 5.41) is 11.7. The maximum absolute atomic E-state index is 13.7. The van der Waals surface area contributed by atoms with Crippen LogP contribution in [0.15, 0.2) is 66.2 Å². The summed E-state index contributed by atoms with van der Waals surface area (Å²) in [6.07, 6.45) is 0. The van der Waals surface area contributed by atoms with Gasteiger partial charge in [0.2, 0.25) is 5.95 Å². The Morgan fingerprint density at radius 2 is 1.76 bits per heavy atom. The van der Waals surface area contributed by atoms with E-state index in [2.05, 4.69) is 30.7 Å². The van der Waals surface area contributed by atoms with Gasteiger partial charge in [0.1, 0.15) is 11.5 Å². The zero-order valence-electron chi connectivity index (χ0n) is 24.7. The van der Waals surface area contributed by atoms with Gasteiger partial charge in [-0.1, -0.05) is 65.0 Å². The second-order valence-electron chi connectivity index (χ2n) is 12.0. The zero-order chi connectivity index (χ0) is 29.6. The fourth-order valence-electron chi connectivity index (χ4n) is 5.35. The van der Waals surface area contributed by atoms with Gasteiger partial charge in [-0.25, -0.2) is 4.98 Å². The Bertz CT molecular complexity index is 1670. The third kappa shape index (κ3) is 5.12.